The van der Waals surface area contributed by atoms with Gasteiger partial charge in [0.2, 0.25) is 0 Å². The molecule has 5 rings (SSSR count). The summed E-state index contributed by atoms with van der Waals surface area (Å²) in [5, 5.41) is 0.983. The van der Waals surface area contributed by atoms with Gasteiger partial charge < -0.3 is 9.47 Å². The number of ether oxygens (including phenoxy) is 2. The van der Waals surface area contributed by atoms with E-state index in [-0.39, 0.29) is 11.9 Å². The summed E-state index contributed by atoms with van der Waals surface area (Å²) < 4.78 is 11.3. The Morgan fingerprint density at radius 1 is 1.08 bits per heavy atom. The molecule has 3 saturated carbocycles. The van der Waals surface area contributed by atoms with Gasteiger partial charge in [0, 0.05) is 11.6 Å². The Morgan fingerprint density at radius 2 is 1.88 bits per heavy atom. The highest BCUT2D eigenvalue weighted by Crippen LogP contribution is 2.72. The second-order valence-corrected chi connectivity index (χ2v) is 8.65. The molecule has 4 heteroatoms. The minimum absolute atomic E-state index is 0.0339. The molecule has 2 aromatic rings. The van der Waals surface area contributed by atoms with E-state index in [1.54, 1.807) is 6.20 Å². The fourth-order valence-corrected chi connectivity index (χ4v) is 5.62. The summed E-state index contributed by atoms with van der Waals surface area (Å²) in [6, 6.07) is 9.74. The smallest absolute Gasteiger partial charge is 0.309 e. The average Bonchev–Trinajstić information content (AvgIpc) is 2.55. The number of carbonyl (C=O) groups excluding carboxylic acids is 1. The zero-order chi connectivity index (χ0) is 17.6. The molecular weight excluding hydrogens is 326 g/mol. The van der Waals surface area contributed by atoms with Crippen molar-refractivity contribution in [2.24, 2.45) is 16.7 Å². The average molecular weight is 351 g/mol. The van der Waals surface area contributed by atoms with Gasteiger partial charge in [-0.25, -0.2) is 0 Å². The predicted octanol–water partition coefficient (Wildman–Crippen LogP) is 4.52. The molecule has 0 unspecified atom stereocenters. The summed E-state index contributed by atoms with van der Waals surface area (Å²) in [6.07, 6.45) is 10.8. The van der Waals surface area contributed by atoms with Gasteiger partial charge in [0.25, 0.3) is 0 Å². The van der Waals surface area contributed by atoms with Crippen LogP contribution in [0.4, 0.5) is 0 Å². The summed E-state index contributed by atoms with van der Waals surface area (Å²) in [5.74, 6) is 0.872. The topological polar surface area (TPSA) is 48.4 Å². The van der Waals surface area contributed by atoms with Gasteiger partial charge in [-0.2, -0.15) is 0 Å². The van der Waals surface area contributed by atoms with E-state index < -0.39 is 0 Å². The van der Waals surface area contributed by atoms with Crippen LogP contribution in [0.1, 0.15) is 44.9 Å². The van der Waals surface area contributed by atoms with Crippen molar-refractivity contribution in [2.75, 3.05) is 13.2 Å². The van der Waals surface area contributed by atoms with E-state index in [1.165, 1.54) is 32.1 Å². The first-order valence-corrected chi connectivity index (χ1v) is 9.80. The van der Waals surface area contributed by atoms with Crippen LogP contribution in [0.25, 0.3) is 10.9 Å². The van der Waals surface area contributed by atoms with Crippen LogP contribution >= 0.6 is 0 Å². The summed E-state index contributed by atoms with van der Waals surface area (Å²) in [5.41, 5.74) is 2.10. The maximum absolute atomic E-state index is 12.2. The number of rotatable bonds is 5. The number of para-hydroxylation sites is 1. The van der Waals surface area contributed by atoms with Crippen molar-refractivity contribution in [1.82, 2.24) is 4.98 Å². The molecule has 3 aliphatic carbocycles. The number of aromatic nitrogens is 1. The summed E-state index contributed by atoms with van der Waals surface area (Å²) in [7, 11) is 0. The summed E-state index contributed by atoms with van der Waals surface area (Å²) >= 11 is 0. The van der Waals surface area contributed by atoms with Crippen molar-refractivity contribution >= 4 is 16.9 Å². The molecule has 26 heavy (non-hydrogen) atoms. The lowest BCUT2D eigenvalue weighted by atomic mass is 9.38. The minimum atomic E-state index is -0.0339. The van der Waals surface area contributed by atoms with Gasteiger partial charge in [-0.15, -0.1) is 0 Å². The third-order valence-electron chi connectivity index (χ3n) is 6.80. The first-order chi connectivity index (χ1) is 12.7. The van der Waals surface area contributed by atoms with Crippen molar-refractivity contribution in [3.8, 4) is 5.75 Å². The number of hydrogen-bond acceptors (Lipinski definition) is 4. The molecule has 0 saturated heterocycles. The van der Waals surface area contributed by atoms with Crippen LogP contribution in [-0.2, 0) is 9.53 Å². The molecule has 0 amide bonds. The van der Waals surface area contributed by atoms with E-state index in [2.05, 4.69) is 4.98 Å². The second kappa shape index (κ2) is 5.97. The Morgan fingerprint density at radius 3 is 2.65 bits per heavy atom. The van der Waals surface area contributed by atoms with E-state index in [4.69, 9.17) is 9.47 Å². The lowest BCUT2D eigenvalue weighted by Crippen LogP contribution is -2.57. The van der Waals surface area contributed by atoms with Crippen molar-refractivity contribution in [1.29, 1.82) is 0 Å². The molecule has 1 aromatic carbocycles. The SMILES string of the molecule is O=C(OCCOc1ccnc2ccccc12)C1CC2(C1)CC1(CCC1)C2. The van der Waals surface area contributed by atoms with Gasteiger partial charge in [-0.1, -0.05) is 18.6 Å². The molecule has 0 bridgehead atoms. The number of benzene rings is 1. The van der Waals surface area contributed by atoms with Crippen molar-refractivity contribution in [2.45, 2.75) is 44.9 Å². The van der Waals surface area contributed by atoms with Crippen LogP contribution in [0.5, 0.6) is 5.75 Å². The highest BCUT2D eigenvalue weighted by atomic mass is 16.6. The molecule has 136 valence electrons. The van der Waals surface area contributed by atoms with Gasteiger partial charge in [0.15, 0.2) is 0 Å². The molecule has 2 spiro atoms. The van der Waals surface area contributed by atoms with Crippen molar-refractivity contribution in [3.63, 3.8) is 0 Å². The molecular formula is C22H25NO3. The van der Waals surface area contributed by atoms with E-state index in [0.29, 0.717) is 24.0 Å². The molecule has 1 aromatic heterocycles. The molecule has 3 aliphatic rings. The van der Waals surface area contributed by atoms with Crippen LogP contribution in [0.3, 0.4) is 0 Å². The van der Waals surface area contributed by atoms with E-state index >= 15 is 0 Å². The second-order valence-electron chi connectivity index (χ2n) is 8.65. The van der Waals surface area contributed by atoms with Crippen LogP contribution < -0.4 is 4.74 Å². The third kappa shape index (κ3) is 2.67. The standard InChI is InChI=1S/C22H25NO3/c24-20(16-12-22(13-16)14-21(15-22)7-3-8-21)26-11-10-25-19-6-9-23-18-5-2-1-4-17(18)19/h1-2,4-6,9,16H,3,7-8,10-15H2. The molecule has 0 N–H and O–H groups in total. The predicted molar refractivity (Wildman–Crippen MR) is 98.9 cm³/mol. The largest absolute Gasteiger partial charge is 0.489 e. The van der Waals surface area contributed by atoms with Gasteiger partial charge in [-0.05, 0) is 67.6 Å². The first-order valence-electron chi connectivity index (χ1n) is 9.80. The quantitative estimate of drug-likeness (QED) is 0.587. The lowest BCUT2D eigenvalue weighted by Gasteiger charge is -2.66. The number of carbonyl (C=O) groups is 1. The van der Waals surface area contributed by atoms with Gasteiger partial charge in [0.1, 0.15) is 19.0 Å². The molecule has 0 aliphatic heterocycles. The van der Waals surface area contributed by atoms with E-state index in [0.717, 1.165) is 29.5 Å². The van der Waals surface area contributed by atoms with Crippen LogP contribution in [0.2, 0.25) is 0 Å². The summed E-state index contributed by atoms with van der Waals surface area (Å²) in [6.45, 7) is 0.684. The van der Waals surface area contributed by atoms with Crippen molar-refractivity contribution < 1.29 is 14.3 Å². The van der Waals surface area contributed by atoms with Crippen molar-refractivity contribution in [3.05, 3.63) is 36.5 Å². The third-order valence-corrected chi connectivity index (χ3v) is 6.80. The molecule has 3 fully saturated rings. The van der Waals surface area contributed by atoms with Crippen LogP contribution in [-0.4, -0.2) is 24.2 Å². The Hall–Kier alpha value is -2.10. The first kappa shape index (κ1) is 16.1. The number of fused-ring (bicyclic) bond motifs is 1. The van der Waals surface area contributed by atoms with Crippen LogP contribution in [0.15, 0.2) is 36.5 Å². The molecule has 0 atom stereocenters. The van der Waals surface area contributed by atoms with E-state index in [9.17, 15) is 4.79 Å². The molecule has 0 radical (unpaired) electrons. The molecule has 4 nitrogen and oxygen atoms in total. The van der Waals surface area contributed by atoms with Gasteiger partial charge >= 0.3 is 5.97 Å². The fraction of sp³-hybridized carbons (Fsp3) is 0.545. The Bertz CT molecular complexity index is 821. The monoisotopic (exact) mass is 351 g/mol. The maximum Gasteiger partial charge on any atom is 0.309 e. The minimum Gasteiger partial charge on any atom is -0.489 e. The number of pyridine rings is 1. The lowest BCUT2D eigenvalue weighted by molar-refractivity contribution is -0.186. The number of nitrogens with zero attached hydrogens (tertiary/aromatic N) is 1. The normalized spacial score (nSPS) is 22.5. The highest BCUT2D eigenvalue weighted by molar-refractivity contribution is 5.84. The zero-order valence-corrected chi connectivity index (χ0v) is 15.1. The molecule has 1 heterocycles. The maximum atomic E-state index is 12.2. The summed E-state index contributed by atoms with van der Waals surface area (Å²) in [4.78, 5) is 16.6. The Labute approximate surface area is 153 Å². The highest BCUT2D eigenvalue weighted by Gasteiger charge is 2.62. The van der Waals surface area contributed by atoms with E-state index in [1.807, 2.05) is 30.3 Å². The number of esters is 1. The van der Waals surface area contributed by atoms with Crippen LogP contribution in [0, 0.1) is 16.7 Å². The van der Waals surface area contributed by atoms with Gasteiger partial charge in [0.05, 0.1) is 11.4 Å². The van der Waals surface area contributed by atoms with Gasteiger partial charge in [-0.3, -0.25) is 9.78 Å². The fourth-order valence-electron chi connectivity index (χ4n) is 5.62. The Balaban J connectivity index is 1.06. The number of hydrogen-bond donors (Lipinski definition) is 0. The Kier molecular flexibility index (Phi) is 3.70. The zero-order valence-electron chi connectivity index (χ0n) is 15.1.